The Morgan fingerprint density at radius 1 is 0.944 bits per heavy atom. The molecule has 2 aromatic carbocycles. The molecular weight excluding hydrogens is 476 g/mol. The molecule has 0 saturated carbocycles. The number of hydrogen-bond acceptors (Lipinski definition) is 8. The van der Waals surface area contributed by atoms with Gasteiger partial charge in [-0.1, -0.05) is 12.1 Å². The van der Waals surface area contributed by atoms with Crippen LogP contribution in [-0.2, 0) is 13.1 Å². The first kappa shape index (κ1) is 24.3. The number of amides is 2. The molecule has 1 fully saturated rings. The standard InChI is InChI=1S/C27H30N4O4S/c1-17-16-36-23(28-17)15-31-26(32)20-6-5-7-21(24(20)27(31)33)30-12-10-29(11-13-30)14-19-8-9-22(34-3)18(2)25(19)35-4/h5-9,16H,10-15H2,1-4H3. The molecule has 0 atom stereocenters. The van der Waals surface area contributed by atoms with E-state index in [0.717, 1.165) is 71.7 Å². The molecule has 9 heteroatoms. The van der Waals surface area contributed by atoms with Crippen molar-refractivity contribution in [2.75, 3.05) is 45.3 Å². The Kier molecular flexibility index (Phi) is 6.68. The van der Waals surface area contributed by atoms with Crippen molar-refractivity contribution < 1.29 is 19.1 Å². The zero-order chi connectivity index (χ0) is 25.4. The number of carbonyl (C=O) groups excluding carboxylic acids is 2. The Morgan fingerprint density at radius 3 is 2.39 bits per heavy atom. The van der Waals surface area contributed by atoms with Gasteiger partial charge in [0.2, 0.25) is 0 Å². The second kappa shape index (κ2) is 9.91. The smallest absolute Gasteiger partial charge is 0.264 e. The molecule has 0 aliphatic carbocycles. The number of rotatable bonds is 7. The van der Waals surface area contributed by atoms with Crippen LogP contribution in [0.3, 0.4) is 0 Å². The van der Waals surface area contributed by atoms with Crippen LogP contribution in [0, 0.1) is 13.8 Å². The van der Waals surface area contributed by atoms with Crippen LogP contribution in [0.2, 0.25) is 0 Å². The minimum atomic E-state index is -0.245. The Morgan fingerprint density at radius 2 is 1.72 bits per heavy atom. The topological polar surface area (TPSA) is 75.2 Å². The molecule has 0 radical (unpaired) electrons. The Balaban J connectivity index is 1.30. The Bertz CT molecular complexity index is 1310. The van der Waals surface area contributed by atoms with Crippen molar-refractivity contribution in [3.63, 3.8) is 0 Å². The summed E-state index contributed by atoms with van der Waals surface area (Å²) in [7, 11) is 3.36. The SMILES string of the molecule is COc1ccc(CN2CCN(c3cccc4c3C(=O)N(Cc3nc(C)cs3)C4=O)CC2)c(OC)c1C. The van der Waals surface area contributed by atoms with Crippen molar-refractivity contribution in [1.29, 1.82) is 0 Å². The molecule has 188 valence electrons. The number of imide groups is 1. The molecule has 0 unspecified atom stereocenters. The molecule has 8 nitrogen and oxygen atoms in total. The van der Waals surface area contributed by atoms with Crippen LogP contribution < -0.4 is 14.4 Å². The van der Waals surface area contributed by atoms with E-state index in [1.807, 2.05) is 37.4 Å². The molecule has 2 aliphatic heterocycles. The number of nitrogens with zero attached hydrogens (tertiary/aromatic N) is 4. The first-order valence-electron chi connectivity index (χ1n) is 12.0. The van der Waals surface area contributed by atoms with E-state index in [0.29, 0.717) is 11.1 Å². The van der Waals surface area contributed by atoms with Gasteiger partial charge in [-0.25, -0.2) is 4.98 Å². The van der Waals surface area contributed by atoms with Crippen LogP contribution >= 0.6 is 11.3 Å². The lowest BCUT2D eigenvalue weighted by molar-refractivity contribution is 0.0642. The fourth-order valence-electron chi connectivity index (χ4n) is 5.08. The van der Waals surface area contributed by atoms with Crippen molar-refractivity contribution >= 4 is 28.8 Å². The fourth-order valence-corrected chi connectivity index (χ4v) is 5.84. The molecule has 0 bridgehead atoms. The van der Waals surface area contributed by atoms with Gasteiger partial charge in [-0.2, -0.15) is 0 Å². The summed E-state index contributed by atoms with van der Waals surface area (Å²) >= 11 is 1.47. The normalized spacial score (nSPS) is 16.0. The van der Waals surface area contributed by atoms with E-state index >= 15 is 0 Å². The average molecular weight is 507 g/mol. The summed E-state index contributed by atoms with van der Waals surface area (Å²) in [6.45, 7) is 8.10. The van der Waals surface area contributed by atoms with Crippen LogP contribution in [-0.4, -0.2) is 67.0 Å². The molecule has 5 rings (SSSR count). The summed E-state index contributed by atoms with van der Waals surface area (Å²) in [5.74, 6) is 1.19. The largest absolute Gasteiger partial charge is 0.496 e. The molecule has 0 N–H and O–H groups in total. The number of methoxy groups -OCH3 is 2. The van der Waals surface area contributed by atoms with Gasteiger partial charge in [0.25, 0.3) is 11.8 Å². The van der Waals surface area contributed by atoms with Crippen LogP contribution in [0.25, 0.3) is 0 Å². The van der Waals surface area contributed by atoms with Gasteiger partial charge in [-0.15, -0.1) is 11.3 Å². The molecule has 36 heavy (non-hydrogen) atoms. The summed E-state index contributed by atoms with van der Waals surface area (Å²) in [6.07, 6.45) is 0. The second-order valence-corrected chi connectivity index (χ2v) is 10.1. The lowest BCUT2D eigenvalue weighted by Gasteiger charge is -2.37. The van der Waals surface area contributed by atoms with Crippen molar-refractivity contribution in [2.24, 2.45) is 0 Å². The highest BCUT2D eigenvalue weighted by atomic mass is 32.1. The number of aromatic nitrogens is 1. The number of thiazole rings is 1. The number of anilines is 1. The van der Waals surface area contributed by atoms with Crippen molar-refractivity contribution in [3.8, 4) is 11.5 Å². The molecule has 1 saturated heterocycles. The number of benzene rings is 2. The number of ether oxygens (including phenoxy) is 2. The highest BCUT2D eigenvalue weighted by molar-refractivity contribution is 7.09. The van der Waals surface area contributed by atoms with Crippen LogP contribution in [0.5, 0.6) is 11.5 Å². The lowest BCUT2D eigenvalue weighted by atomic mass is 10.1. The molecular formula is C27H30N4O4S. The first-order chi connectivity index (χ1) is 17.4. The number of fused-ring (bicyclic) bond motifs is 1. The van der Waals surface area contributed by atoms with E-state index in [1.165, 1.54) is 16.2 Å². The van der Waals surface area contributed by atoms with E-state index in [-0.39, 0.29) is 18.4 Å². The van der Waals surface area contributed by atoms with Crippen LogP contribution in [0.4, 0.5) is 5.69 Å². The van der Waals surface area contributed by atoms with Crippen molar-refractivity contribution in [3.05, 3.63) is 68.7 Å². The summed E-state index contributed by atoms with van der Waals surface area (Å²) in [4.78, 5) is 36.8. The second-order valence-electron chi connectivity index (χ2n) is 9.13. The van der Waals surface area contributed by atoms with Gasteiger partial charge in [0.05, 0.1) is 37.6 Å². The summed E-state index contributed by atoms with van der Waals surface area (Å²) in [5.41, 5.74) is 4.84. The van der Waals surface area contributed by atoms with Gasteiger partial charge in [-0.05, 0) is 32.0 Å². The molecule has 0 spiro atoms. The third-order valence-corrected chi connectivity index (χ3v) is 7.86. The number of hydrogen-bond donors (Lipinski definition) is 0. The number of carbonyl (C=O) groups is 2. The Hall–Kier alpha value is -3.43. The minimum Gasteiger partial charge on any atom is -0.496 e. The summed E-state index contributed by atoms with van der Waals surface area (Å²) in [6, 6.07) is 9.61. The highest BCUT2D eigenvalue weighted by Gasteiger charge is 2.39. The predicted molar refractivity (Wildman–Crippen MR) is 139 cm³/mol. The maximum atomic E-state index is 13.4. The van der Waals surface area contributed by atoms with Crippen LogP contribution in [0.15, 0.2) is 35.7 Å². The number of aryl methyl sites for hydroxylation is 1. The Labute approximate surface area is 215 Å². The molecule has 2 amide bonds. The van der Waals surface area contributed by atoms with Crippen molar-refractivity contribution in [1.82, 2.24) is 14.8 Å². The zero-order valence-electron chi connectivity index (χ0n) is 21.0. The van der Waals surface area contributed by atoms with Gasteiger partial charge < -0.3 is 14.4 Å². The fraction of sp³-hybridized carbons (Fsp3) is 0.370. The van der Waals surface area contributed by atoms with Gasteiger partial charge in [0.1, 0.15) is 16.5 Å². The minimum absolute atomic E-state index is 0.210. The molecule has 2 aliphatic rings. The van der Waals surface area contributed by atoms with E-state index < -0.39 is 0 Å². The van der Waals surface area contributed by atoms with Gasteiger partial charge >= 0.3 is 0 Å². The molecule has 3 aromatic rings. The average Bonchev–Trinajstić information content (AvgIpc) is 3.41. The van der Waals surface area contributed by atoms with E-state index in [2.05, 4.69) is 20.9 Å². The highest BCUT2D eigenvalue weighted by Crippen LogP contribution is 2.35. The number of piperazine rings is 1. The van der Waals surface area contributed by atoms with E-state index in [4.69, 9.17) is 9.47 Å². The first-order valence-corrected chi connectivity index (χ1v) is 12.9. The van der Waals surface area contributed by atoms with E-state index in [1.54, 1.807) is 20.3 Å². The molecule has 1 aromatic heterocycles. The van der Waals surface area contributed by atoms with Crippen LogP contribution in [0.1, 0.15) is 42.5 Å². The summed E-state index contributed by atoms with van der Waals surface area (Å²) < 4.78 is 11.1. The lowest BCUT2D eigenvalue weighted by Crippen LogP contribution is -2.46. The maximum Gasteiger partial charge on any atom is 0.264 e. The van der Waals surface area contributed by atoms with Gasteiger partial charge in [-0.3, -0.25) is 19.4 Å². The zero-order valence-corrected chi connectivity index (χ0v) is 21.9. The predicted octanol–water partition coefficient (Wildman–Crippen LogP) is 3.90. The third-order valence-electron chi connectivity index (χ3n) is 6.91. The van der Waals surface area contributed by atoms with Gasteiger partial charge in [0, 0.05) is 54.9 Å². The maximum absolute atomic E-state index is 13.4. The quantitative estimate of drug-likeness (QED) is 0.450. The monoisotopic (exact) mass is 506 g/mol. The van der Waals surface area contributed by atoms with Gasteiger partial charge in [0.15, 0.2) is 0 Å². The summed E-state index contributed by atoms with van der Waals surface area (Å²) in [5, 5.41) is 2.70. The van der Waals surface area contributed by atoms with E-state index in [9.17, 15) is 9.59 Å². The third kappa shape index (κ3) is 4.33. The molecule has 3 heterocycles. The van der Waals surface area contributed by atoms with Crippen molar-refractivity contribution in [2.45, 2.75) is 26.9 Å².